The number of benzene rings is 1. The van der Waals surface area contributed by atoms with Gasteiger partial charge in [-0.3, -0.25) is 29.8 Å². The van der Waals surface area contributed by atoms with Gasteiger partial charge in [-0.2, -0.15) is 10.2 Å². The van der Waals surface area contributed by atoms with Crippen molar-refractivity contribution in [2.24, 2.45) is 11.3 Å². The van der Waals surface area contributed by atoms with Crippen LogP contribution in [-0.2, 0) is 9.59 Å². The highest BCUT2D eigenvalue weighted by atomic mass is 19.1. The highest BCUT2D eigenvalue weighted by Gasteiger charge is 2.30. The van der Waals surface area contributed by atoms with Crippen LogP contribution < -0.4 is 15.4 Å². The van der Waals surface area contributed by atoms with Gasteiger partial charge >= 0.3 is 0 Å². The average Bonchev–Trinajstić information content (AvgIpc) is 3.77. The van der Waals surface area contributed by atoms with Gasteiger partial charge in [0, 0.05) is 47.3 Å². The molecule has 0 bridgehead atoms. The molecule has 2 aliphatic heterocycles. The molecule has 0 radical (unpaired) electrons. The third kappa shape index (κ3) is 11.0. The van der Waals surface area contributed by atoms with Crippen molar-refractivity contribution in [2.45, 2.75) is 72.1 Å². The van der Waals surface area contributed by atoms with Crippen molar-refractivity contribution in [1.82, 2.24) is 40.2 Å². The molecule has 0 spiro atoms. The minimum atomic E-state index is -0.613. The summed E-state index contributed by atoms with van der Waals surface area (Å²) in [6, 6.07) is 10.9. The number of nitrogens with one attached hydrogen (secondary N) is 4. The van der Waals surface area contributed by atoms with Crippen molar-refractivity contribution in [3.05, 3.63) is 66.6 Å². The Morgan fingerprint density at radius 3 is 2.19 bits per heavy atom. The Morgan fingerprint density at radius 2 is 1.51 bits per heavy atom. The number of piperidine rings is 2. The Bertz CT molecular complexity index is 2110. The molecule has 2 saturated heterocycles. The quantitative estimate of drug-likeness (QED) is 0.0941. The largest absolute Gasteiger partial charge is 0.495 e. The molecule has 1 atom stereocenters. The number of nitrogens with zero attached hydrogens (tertiary/aromatic N) is 6. The average molecular weight is 785 g/mol. The van der Waals surface area contributed by atoms with E-state index in [2.05, 4.69) is 50.8 Å². The van der Waals surface area contributed by atoms with Gasteiger partial charge in [0.2, 0.25) is 11.8 Å². The summed E-state index contributed by atoms with van der Waals surface area (Å²) < 4.78 is 34.8. The maximum Gasteiger partial charge on any atom is 0.231 e. The molecule has 0 saturated carbocycles. The predicted octanol–water partition coefficient (Wildman–Crippen LogP) is 7.67. The highest BCUT2D eigenvalue weighted by Crippen LogP contribution is 2.30. The second kappa shape index (κ2) is 19.2. The number of carbonyl (C=O) groups is 2. The van der Waals surface area contributed by atoms with Crippen molar-refractivity contribution in [1.29, 1.82) is 0 Å². The van der Waals surface area contributed by atoms with Gasteiger partial charge in [-0.05, 0) is 95.0 Å². The van der Waals surface area contributed by atoms with Crippen LogP contribution in [0.1, 0.15) is 72.1 Å². The molecule has 57 heavy (non-hydrogen) atoms. The van der Waals surface area contributed by atoms with Crippen LogP contribution in [0.2, 0.25) is 0 Å². The van der Waals surface area contributed by atoms with Crippen LogP contribution in [0.15, 0.2) is 55.0 Å². The SMILES string of the molecule is CC(C)(CCN1CCCCC1)C(=O)Nc1n[nH]c(-c2ccc3ncccc3c2)c1F.COc1cncc(-c2[nH]nc(NC(=O)CC(C)CN3CCCCC3)c2F)c1. The number of amides is 2. The maximum absolute atomic E-state index is 15.0. The molecular formula is C42H54F2N10O3. The number of aromatic nitrogens is 6. The monoisotopic (exact) mass is 784 g/mol. The number of methoxy groups -OCH3 is 1. The van der Waals surface area contributed by atoms with E-state index in [1.54, 1.807) is 18.3 Å². The van der Waals surface area contributed by atoms with E-state index in [9.17, 15) is 14.0 Å². The van der Waals surface area contributed by atoms with Crippen molar-refractivity contribution in [2.75, 3.05) is 57.0 Å². The standard InChI is InChI=1S/C23H28FN5O.C19H26FN5O2/c1-23(2,10-14-29-12-4-3-5-13-29)22(30)26-21-19(24)20(27-28-21)17-8-9-18-16(15-17)7-6-11-25-18;1-13(12-25-6-4-3-5-7-25)8-16(26)22-19-17(20)18(23-24-19)14-9-15(27-2)11-21-10-14/h6-9,11,15H,3-5,10,12-14H2,1-2H3,(H2,26,27,28,30);9-11,13H,3-8,12H2,1-2H3,(H2,22,23,24,26). The number of ether oxygens (including phenoxy) is 1. The third-order valence-electron chi connectivity index (χ3n) is 10.7. The molecule has 6 heterocycles. The molecule has 2 fully saturated rings. The summed E-state index contributed by atoms with van der Waals surface area (Å²) in [5.41, 5.74) is 1.80. The Morgan fingerprint density at radius 1 is 0.860 bits per heavy atom. The van der Waals surface area contributed by atoms with E-state index in [1.165, 1.54) is 58.0 Å². The third-order valence-corrected chi connectivity index (χ3v) is 10.7. The lowest BCUT2D eigenvalue weighted by Crippen LogP contribution is -2.37. The van der Waals surface area contributed by atoms with Crippen LogP contribution in [0, 0.1) is 23.0 Å². The molecule has 7 rings (SSSR count). The van der Waals surface area contributed by atoms with Crippen LogP contribution >= 0.6 is 0 Å². The van der Waals surface area contributed by atoms with Crippen LogP contribution in [0.3, 0.4) is 0 Å². The lowest BCUT2D eigenvalue weighted by molar-refractivity contribution is -0.124. The highest BCUT2D eigenvalue weighted by molar-refractivity contribution is 5.95. The van der Waals surface area contributed by atoms with Gasteiger partial charge in [0.05, 0.1) is 18.8 Å². The number of hydrogen-bond donors (Lipinski definition) is 4. The zero-order valence-corrected chi connectivity index (χ0v) is 33.3. The summed E-state index contributed by atoms with van der Waals surface area (Å²) in [5.74, 6) is -1.07. The van der Waals surface area contributed by atoms with Gasteiger partial charge in [-0.25, -0.2) is 8.78 Å². The summed E-state index contributed by atoms with van der Waals surface area (Å²) in [7, 11) is 1.51. The van der Waals surface area contributed by atoms with Crippen LogP contribution in [0.5, 0.6) is 5.75 Å². The molecular weight excluding hydrogens is 731 g/mol. The van der Waals surface area contributed by atoms with Gasteiger partial charge in [-0.1, -0.05) is 45.7 Å². The normalized spacial score (nSPS) is 15.8. The predicted molar refractivity (Wildman–Crippen MR) is 218 cm³/mol. The maximum atomic E-state index is 15.0. The summed E-state index contributed by atoms with van der Waals surface area (Å²) in [4.78, 5) is 38.2. The molecule has 13 nitrogen and oxygen atoms in total. The molecule has 304 valence electrons. The van der Waals surface area contributed by atoms with Gasteiger partial charge in [0.15, 0.2) is 23.3 Å². The van der Waals surface area contributed by atoms with E-state index >= 15 is 4.39 Å². The first-order valence-corrected chi connectivity index (χ1v) is 19.9. The second-order valence-electron chi connectivity index (χ2n) is 15.8. The van der Waals surface area contributed by atoms with E-state index in [0.29, 0.717) is 23.3 Å². The zero-order chi connectivity index (χ0) is 40.4. The number of pyridine rings is 2. The summed E-state index contributed by atoms with van der Waals surface area (Å²) in [6.45, 7) is 12.0. The minimum absolute atomic E-state index is 0.0627. The van der Waals surface area contributed by atoms with Crippen LogP contribution in [0.25, 0.3) is 33.4 Å². The van der Waals surface area contributed by atoms with E-state index < -0.39 is 17.0 Å². The molecule has 2 amide bonds. The van der Waals surface area contributed by atoms with Gasteiger partial charge in [0.25, 0.3) is 0 Å². The van der Waals surface area contributed by atoms with Gasteiger partial charge in [-0.15, -0.1) is 0 Å². The fourth-order valence-corrected chi connectivity index (χ4v) is 7.26. The molecule has 4 aromatic heterocycles. The van der Waals surface area contributed by atoms with Crippen molar-refractivity contribution < 1.29 is 23.1 Å². The van der Waals surface area contributed by atoms with E-state index in [0.717, 1.165) is 56.6 Å². The topological polar surface area (TPSA) is 157 Å². The van der Waals surface area contributed by atoms with Crippen LogP contribution in [0.4, 0.5) is 20.4 Å². The molecule has 1 aromatic carbocycles. The van der Waals surface area contributed by atoms with Crippen LogP contribution in [-0.4, -0.2) is 98.4 Å². The molecule has 4 N–H and O–H groups in total. The number of aromatic amines is 2. The number of halogens is 2. The number of likely N-dealkylation sites (tertiary alicyclic amines) is 2. The number of carbonyl (C=O) groups excluding carboxylic acids is 2. The van der Waals surface area contributed by atoms with Crippen molar-refractivity contribution >= 4 is 34.4 Å². The minimum Gasteiger partial charge on any atom is -0.495 e. The number of rotatable bonds is 13. The number of fused-ring (bicyclic) bond motifs is 1. The van der Waals surface area contributed by atoms with Crippen molar-refractivity contribution in [3.8, 4) is 28.3 Å². The Balaban J connectivity index is 0.000000194. The summed E-state index contributed by atoms with van der Waals surface area (Å²) in [6.07, 6.45) is 13.3. The summed E-state index contributed by atoms with van der Waals surface area (Å²) >= 11 is 0. The molecule has 5 aromatic rings. The first-order valence-electron chi connectivity index (χ1n) is 19.9. The second-order valence-corrected chi connectivity index (χ2v) is 15.8. The zero-order valence-electron chi connectivity index (χ0n) is 33.3. The molecule has 15 heteroatoms. The first kappa shape index (κ1) is 41.4. The lowest BCUT2D eigenvalue weighted by atomic mass is 9.87. The molecule has 0 aliphatic carbocycles. The first-order chi connectivity index (χ1) is 27.5. The molecule has 2 aliphatic rings. The van der Waals surface area contributed by atoms with Gasteiger partial charge in [0.1, 0.15) is 17.1 Å². The smallest absolute Gasteiger partial charge is 0.231 e. The van der Waals surface area contributed by atoms with E-state index in [-0.39, 0.29) is 40.8 Å². The Kier molecular flexibility index (Phi) is 14.0. The fourth-order valence-electron chi connectivity index (χ4n) is 7.26. The Hall–Kier alpha value is -5.28. The summed E-state index contributed by atoms with van der Waals surface area (Å²) in [5, 5.41) is 19.4. The number of hydrogen-bond acceptors (Lipinski definition) is 9. The molecule has 1 unspecified atom stereocenters. The Labute approximate surface area is 332 Å². The van der Waals surface area contributed by atoms with Crippen molar-refractivity contribution in [3.63, 3.8) is 0 Å². The number of H-pyrrole nitrogens is 2. The van der Waals surface area contributed by atoms with E-state index in [1.807, 2.05) is 45.0 Å². The van der Waals surface area contributed by atoms with Gasteiger partial charge < -0.3 is 25.2 Å². The van der Waals surface area contributed by atoms with E-state index in [4.69, 9.17) is 4.74 Å². The number of anilines is 2. The fraction of sp³-hybridized carbons (Fsp3) is 0.476. The lowest BCUT2D eigenvalue weighted by Gasteiger charge is -2.30.